The van der Waals surface area contributed by atoms with Crippen LogP contribution in [0.5, 0.6) is 0 Å². The van der Waals surface area contributed by atoms with Crippen molar-refractivity contribution in [2.24, 2.45) is 0 Å². The second-order valence-electron chi connectivity index (χ2n) is 2.28. The molecule has 0 amide bonds. The van der Waals surface area contributed by atoms with Gasteiger partial charge in [0.05, 0.1) is 5.75 Å². The normalized spacial score (nSPS) is 11.6. The van der Waals surface area contributed by atoms with Gasteiger partial charge < -0.3 is 0 Å². The van der Waals surface area contributed by atoms with E-state index in [0.717, 1.165) is 0 Å². The van der Waals surface area contributed by atoms with Gasteiger partial charge in [-0.05, 0) is 6.07 Å². The Morgan fingerprint density at radius 1 is 1.38 bits per heavy atom. The first-order valence-corrected chi connectivity index (χ1v) is 6.34. The monoisotopic (exact) mass is 259 g/mol. The summed E-state index contributed by atoms with van der Waals surface area (Å²) < 4.78 is 21.4. The minimum atomic E-state index is -3.61. The SMILES string of the molecule is O=S(=O)(Cl)Cc1cnc(Cl)cc1Cl. The van der Waals surface area contributed by atoms with Gasteiger partial charge in [-0.2, -0.15) is 0 Å². The van der Waals surface area contributed by atoms with Gasteiger partial charge in [0.2, 0.25) is 9.05 Å². The molecular formula is C6H4Cl3NO2S. The summed E-state index contributed by atoms with van der Waals surface area (Å²) >= 11 is 11.2. The van der Waals surface area contributed by atoms with Crippen LogP contribution in [0.25, 0.3) is 0 Å². The Hall–Kier alpha value is -0.0300. The van der Waals surface area contributed by atoms with E-state index in [-0.39, 0.29) is 15.9 Å². The molecule has 0 radical (unpaired) electrons. The van der Waals surface area contributed by atoms with Crippen molar-refractivity contribution >= 4 is 42.9 Å². The van der Waals surface area contributed by atoms with Gasteiger partial charge in [0.25, 0.3) is 0 Å². The fourth-order valence-corrected chi connectivity index (χ4v) is 2.19. The van der Waals surface area contributed by atoms with Crippen molar-refractivity contribution in [2.75, 3.05) is 0 Å². The highest BCUT2D eigenvalue weighted by Crippen LogP contribution is 2.21. The lowest BCUT2D eigenvalue weighted by Crippen LogP contribution is -1.96. The predicted octanol–water partition coefficient (Wildman–Crippen LogP) is 2.46. The standard InChI is InChI=1S/C6H4Cl3NO2S/c7-5-1-6(8)10-2-4(5)3-13(9,11)12/h1-2H,3H2. The van der Waals surface area contributed by atoms with Crippen molar-refractivity contribution in [3.05, 3.63) is 28.0 Å². The van der Waals surface area contributed by atoms with E-state index in [4.69, 9.17) is 33.9 Å². The maximum Gasteiger partial charge on any atom is 0.236 e. The average Bonchev–Trinajstić information content (AvgIpc) is 1.93. The molecule has 1 aromatic heterocycles. The maximum absolute atomic E-state index is 10.7. The van der Waals surface area contributed by atoms with E-state index < -0.39 is 9.05 Å². The van der Waals surface area contributed by atoms with Gasteiger partial charge in [0.1, 0.15) is 5.15 Å². The van der Waals surface area contributed by atoms with E-state index in [1.165, 1.54) is 12.3 Å². The lowest BCUT2D eigenvalue weighted by Gasteiger charge is -2.00. The van der Waals surface area contributed by atoms with E-state index in [1.54, 1.807) is 0 Å². The van der Waals surface area contributed by atoms with Crippen molar-refractivity contribution in [2.45, 2.75) is 5.75 Å². The molecule has 0 aliphatic rings. The average molecular weight is 261 g/mol. The molecule has 0 saturated carbocycles. The molecule has 0 saturated heterocycles. The Balaban J connectivity index is 3.04. The molecule has 0 aliphatic heterocycles. The first-order valence-electron chi connectivity index (χ1n) is 3.11. The van der Waals surface area contributed by atoms with E-state index in [1.807, 2.05) is 0 Å². The molecule has 72 valence electrons. The minimum absolute atomic E-state index is 0.209. The molecule has 0 unspecified atom stereocenters. The zero-order chi connectivity index (χ0) is 10.1. The molecule has 1 rings (SSSR count). The molecule has 0 fully saturated rings. The fourth-order valence-electron chi connectivity index (χ4n) is 0.728. The number of nitrogens with zero attached hydrogens (tertiary/aromatic N) is 1. The smallest absolute Gasteiger partial charge is 0.236 e. The second kappa shape index (κ2) is 4.00. The lowest BCUT2D eigenvalue weighted by molar-refractivity contribution is 0.609. The van der Waals surface area contributed by atoms with Crippen molar-refractivity contribution in [3.63, 3.8) is 0 Å². The molecule has 0 bridgehead atoms. The van der Waals surface area contributed by atoms with Gasteiger partial charge >= 0.3 is 0 Å². The second-order valence-corrected chi connectivity index (χ2v) is 5.85. The van der Waals surface area contributed by atoms with Crippen molar-refractivity contribution in [1.29, 1.82) is 0 Å². The molecule has 13 heavy (non-hydrogen) atoms. The first kappa shape index (κ1) is 11.0. The quantitative estimate of drug-likeness (QED) is 0.606. The largest absolute Gasteiger partial charge is 0.244 e. The third-order valence-electron chi connectivity index (χ3n) is 1.22. The van der Waals surface area contributed by atoms with Crippen molar-refractivity contribution < 1.29 is 8.42 Å². The van der Waals surface area contributed by atoms with Gasteiger partial charge in [-0.15, -0.1) is 0 Å². The highest BCUT2D eigenvalue weighted by Gasteiger charge is 2.11. The number of hydrogen-bond acceptors (Lipinski definition) is 3. The van der Waals surface area contributed by atoms with E-state index >= 15 is 0 Å². The van der Waals surface area contributed by atoms with Gasteiger partial charge in [0.15, 0.2) is 0 Å². The summed E-state index contributed by atoms with van der Waals surface area (Å²) in [5.41, 5.74) is 0.334. The van der Waals surface area contributed by atoms with Crippen LogP contribution in [0.3, 0.4) is 0 Å². The Morgan fingerprint density at radius 3 is 2.46 bits per heavy atom. The highest BCUT2D eigenvalue weighted by atomic mass is 35.7. The van der Waals surface area contributed by atoms with E-state index in [9.17, 15) is 8.42 Å². The fraction of sp³-hybridized carbons (Fsp3) is 0.167. The number of rotatable bonds is 2. The van der Waals surface area contributed by atoms with Crippen LogP contribution in [0.1, 0.15) is 5.56 Å². The Kier molecular flexibility index (Phi) is 3.40. The van der Waals surface area contributed by atoms with Gasteiger partial charge in [0, 0.05) is 27.5 Å². The summed E-state index contributed by atoms with van der Waals surface area (Å²) in [7, 11) is 1.42. The molecule has 0 atom stereocenters. The molecule has 0 N–H and O–H groups in total. The Morgan fingerprint density at radius 2 is 2.00 bits per heavy atom. The van der Waals surface area contributed by atoms with Crippen LogP contribution in [0.4, 0.5) is 0 Å². The molecule has 3 nitrogen and oxygen atoms in total. The minimum Gasteiger partial charge on any atom is -0.244 e. The number of hydrogen-bond donors (Lipinski definition) is 0. The third-order valence-corrected chi connectivity index (χ3v) is 2.77. The van der Waals surface area contributed by atoms with E-state index in [0.29, 0.717) is 5.56 Å². The molecule has 1 heterocycles. The molecule has 0 spiro atoms. The van der Waals surface area contributed by atoms with Crippen molar-refractivity contribution in [3.8, 4) is 0 Å². The van der Waals surface area contributed by atoms with Crippen LogP contribution >= 0.6 is 33.9 Å². The topological polar surface area (TPSA) is 47.0 Å². The van der Waals surface area contributed by atoms with Gasteiger partial charge in [-0.3, -0.25) is 0 Å². The van der Waals surface area contributed by atoms with Crippen LogP contribution in [-0.2, 0) is 14.8 Å². The van der Waals surface area contributed by atoms with Crippen LogP contribution in [0.15, 0.2) is 12.3 Å². The summed E-state index contributed by atoms with van der Waals surface area (Å²) in [6, 6.07) is 1.36. The maximum atomic E-state index is 10.7. The molecule has 0 aliphatic carbocycles. The molecule has 1 aromatic rings. The Bertz CT molecular complexity index is 418. The summed E-state index contributed by atoms with van der Waals surface area (Å²) in [5.74, 6) is -0.350. The third kappa shape index (κ3) is 3.68. The van der Waals surface area contributed by atoms with E-state index in [2.05, 4.69) is 4.98 Å². The lowest BCUT2D eigenvalue weighted by atomic mass is 10.3. The summed E-state index contributed by atoms with van der Waals surface area (Å²) in [4.78, 5) is 3.68. The van der Waals surface area contributed by atoms with Crippen LogP contribution < -0.4 is 0 Å². The zero-order valence-electron chi connectivity index (χ0n) is 6.17. The summed E-state index contributed by atoms with van der Waals surface area (Å²) in [6.45, 7) is 0. The van der Waals surface area contributed by atoms with Crippen LogP contribution in [0, 0.1) is 0 Å². The zero-order valence-corrected chi connectivity index (χ0v) is 9.25. The first-order chi connectivity index (χ1) is 5.88. The van der Waals surface area contributed by atoms with Gasteiger partial charge in [-0.25, -0.2) is 13.4 Å². The van der Waals surface area contributed by atoms with Crippen LogP contribution in [-0.4, -0.2) is 13.4 Å². The number of aromatic nitrogens is 1. The number of halogens is 3. The molecule has 7 heteroatoms. The van der Waals surface area contributed by atoms with Gasteiger partial charge in [-0.1, -0.05) is 23.2 Å². The summed E-state index contributed by atoms with van der Waals surface area (Å²) in [5, 5.41) is 0.449. The molecular weight excluding hydrogens is 256 g/mol. The molecule has 0 aromatic carbocycles. The summed E-state index contributed by atoms with van der Waals surface area (Å²) in [6.07, 6.45) is 1.28. The predicted molar refractivity (Wildman–Crippen MR) is 52.7 cm³/mol. The highest BCUT2D eigenvalue weighted by molar-refractivity contribution is 8.13. The Labute approximate surface area is 90.1 Å². The van der Waals surface area contributed by atoms with Crippen LogP contribution in [0.2, 0.25) is 10.2 Å². The number of pyridine rings is 1. The van der Waals surface area contributed by atoms with Crippen molar-refractivity contribution in [1.82, 2.24) is 4.98 Å².